The van der Waals surface area contributed by atoms with E-state index in [9.17, 15) is 0 Å². The molecule has 2 atom stereocenters. The monoisotopic (exact) mass is 119 g/mol. The van der Waals surface area contributed by atoms with Crippen molar-refractivity contribution in [2.45, 2.75) is 12.1 Å². The Morgan fingerprint density at radius 3 is 2.43 bits per heavy atom. The van der Waals surface area contributed by atoms with E-state index in [0.717, 1.165) is 11.5 Å². The van der Waals surface area contributed by atoms with Crippen LogP contribution >= 0.6 is 11.8 Å². The van der Waals surface area contributed by atoms with E-state index >= 15 is 0 Å². The van der Waals surface area contributed by atoms with Gasteiger partial charge in [-0.15, -0.1) is 0 Å². The molecule has 0 amide bonds. The number of thioether (sulfide) groups is 1. The number of hydrogen-bond donors (Lipinski definition) is 2. The predicted octanol–water partition coefficient (Wildman–Crippen LogP) is -0.579. The Morgan fingerprint density at radius 1 is 1.57 bits per heavy atom. The molecule has 0 aliphatic carbocycles. The molecule has 7 heavy (non-hydrogen) atoms. The zero-order valence-corrected chi connectivity index (χ0v) is 4.82. The van der Waals surface area contributed by atoms with E-state index in [0.29, 0.717) is 0 Å². The second-order valence-corrected chi connectivity index (χ2v) is 2.84. The van der Waals surface area contributed by atoms with Crippen molar-refractivity contribution in [3.63, 3.8) is 0 Å². The van der Waals surface area contributed by atoms with Gasteiger partial charge in [0.05, 0.1) is 6.10 Å². The summed E-state index contributed by atoms with van der Waals surface area (Å²) in [7, 11) is 0. The largest absolute Gasteiger partial charge is 0.391 e. The average molecular weight is 119 g/mol. The van der Waals surface area contributed by atoms with Crippen LogP contribution in [0.15, 0.2) is 0 Å². The summed E-state index contributed by atoms with van der Waals surface area (Å²) in [6.07, 6.45) is -0.245. The van der Waals surface area contributed by atoms with Gasteiger partial charge in [-0.3, -0.25) is 0 Å². The summed E-state index contributed by atoms with van der Waals surface area (Å²) in [4.78, 5) is 0. The fourth-order valence-corrected chi connectivity index (χ4v) is 1.68. The molecular weight excluding hydrogens is 110 g/mol. The highest BCUT2D eigenvalue weighted by Crippen LogP contribution is 2.15. The fourth-order valence-electron chi connectivity index (χ4n) is 0.560. The Hall–Kier alpha value is 0.270. The van der Waals surface area contributed by atoms with Gasteiger partial charge in [-0.2, -0.15) is 11.8 Å². The van der Waals surface area contributed by atoms with Crippen molar-refractivity contribution < 1.29 is 5.11 Å². The molecule has 2 nitrogen and oxygen atoms in total. The van der Waals surface area contributed by atoms with Crippen LogP contribution in [0.2, 0.25) is 0 Å². The molecule has 1 aliphatic heterocycles. The molecule has 1 rings (SSSR count). The van der Waals surface area contributed by atoms with Crippen LogP contribution in [0.3, 0.4) is 0 Å². The highest BCUT2D eigenvalue weighted by atomic mass is 32.2. The molecule has 0 unspecified atom stereocenters. The first kappa shape index (κ1) is 5.41. The fraction of sp³-hybridized carbons (Fsp3) is 1.00. The first-order valence-electron chi connectivity index (χ1n) is 2.32. The third kappa shape index (κ3) is 1.08. The van der Waals surface area contributed by atoms with Crippen molar-refractivity contribution in [3.05, 3.63) is 0 Å². The maximum absolute atomic E-state index is 8.85. The normalized spacial score (nSPS) is 42.0. The van der Waals surface area contributed by atoms with E-state index in [-0.39, 0.29) is 12.1 Å². The summed E-state index contributed by atoms with van der Waals surface area (Å²) in [5.41, 5.74) is 5.41. The highest BCUT2D eigenvalue weighted by Gasteiger charge is 2.20. The van der Waals surface area contributed by atoms with Crippen LogP contribution in [0.1, 0.15) is 0 Å². The quantitative estimate of drug-likeness (QED) is 0.448. The van der Waals surface area contributed by atoms with Crippen LogP contribution in [0.5, 0.6) is 0 Å². The van der Waals surface area contributed by atoms with Gasteiger partial charge in [0.15, 0.2) is 0 Å². The van der Waals surface area contributed by atoms with E-state index in [1.54, 1.807) is 11.8 Å². The predicted molar refractivity (Wildman–Crippen MR) is 31.3 cm³/mol. The molecule has 0 aromatic heterocycles. The molecule has 0 aromatic rings. The zero-order chi connectivity index (χ0) is 5.28. The Balaban J connectivity index is 2.33. The van der Waals surface area contributed by atoms with Crippen LogP contribution in [0, 0.1) is 0 Å². The highest BCUT2D eigenvalue weighted by molar-refractivity contribution is 7.99. The topological polar surface area (TPSA) is 46.2 Å². The average Bonchev–Trinajstić information content (AvgIpc) is 1.91. The second-order valence-electron chi connectivity index (χ2n) is 1.77. The summed E-state index contributed by atoms with van der Waals surface area (Å²) in [6, 6.07) is 0.0324. The lowest BCUT2D eigenvalue weighted by molar-refractivity contribution is 0.183. The molecule has 42 valence electrons. The van der Waals surface area contributed by atoms with Crippen molar-refractivity contribution in [2.24, 2.45) is 5.73 Å². The van der Waals surface area contributed by atoms with Gasteiger partial charge >= 0.3 is 0 Å². The first-order chi connectivity index (χ1) is 3.30. The number of nitrogens with two attached hydrogens (primary N) is 1. The summed E-state index contributed by atoms with van der Waals surface area (Å²) in [6.45, 7) is 0. The molecule has 0 radical (unpaired) electrons. The molecule has 0 saturated carbocycles. The van der Waals surface area contributed by atoms with Gasteiger partial charge in [0.25, 0.3) is 0 Å². The lowest BCUT2D eigenvalue weighted by atomic mass is 10.2. The van der Waals surface area contributed by atoms with Gasteiger partial charge in [-0.25, -0.2) is 0 Å². The molecular formula is C4H9NOS. The molecule has 1 heterocycles. The summed E-state index contributed by atoms with van der Waals surface area (Å²) in [5.74, 6) is 1.74. The Bertz CT molecular complexity index is 60.7. The molecule has 1 fully saturated rings. The van der Waals surface area contributed by atoms with Gasteiger partial charge in [0.2, 0.25) is 0 Å². The second kappa shape index (κ2) is 2.03. The van der Waals surface area contributed by atoms with Crippen molar-refractivity contribution in [1.82, 2.24) is 0 Å². The number of hydrogen-bond acceptors (Lipinski definition) is 3. The van der Waals surface area contributed by atoms with Crippen molar-refractivity contribution >= 4 is 11.8 Å². The summed E-state index contributed by atoms with van der Waals surface area (Å²) in [5, 5.41) is 8.85. The van der Waals surface area contributed by atoms with Crippen LogP contribution in [-0.4, -0.2) is 28.8 Å². The van der Waals surface area contributed by atoms with E-state index in [4.69, 9.17) is 10.8 Å². The van der Waals surface area contributed by atoms with Crippen LogP contribution < -0.4 is 5.73 Å². The van der Waals surface area contributed by atoms with Crippen molar-refractivity contribution in [2.75, 3.05) is 11.5 Å². The molecule has 1 saturated heterocycles. The van der Waals surface area contributed by atoms with Gasteiger partial charge in [-0.05, 0) is 0 Å². The standard InChI is InChI=1S/C4H9NOS/c5-3-1-7-2-4(3)6/h3-4,6H,1-2,5H2/t3-,4+/m1/s1. The van der Waals surface area contributed by atoms with Gasteiger partial charge in [0.1, 0.15) is 0 Å². The zero-order valence-electron chi connectivity index (χ0n) is 4.00. The van der Waals surface area contributed by atoms with Gasteiger partial charge in [0, 0.05) is 17.5 Å². The third-order valence-electron chi connectivity index (χ3n) is 1.09. The van der Waals surface area contributed by atoms with Crippen LogP contribution in [0.4, 0.5) is 0 Å². The smallest absolute Gasteiger partial charge is 0.0789 e. The minimum absolute atomic E-state index is 0.0324. The Labute approximate surface area is 47.1 Å². The minimum atomic E-state index is -0.245. The lowest BCUT2D eigenvalue weighted by Crippen LogP contribution is -2.32. The Morgan fingerprint density at radius 2 is 2.29 bits per heavy atom. The van der Waals surface area contributed by atoms with Gasteiger partial charge < -0.3 is 10.8 Å². The van der Waals surface area contributed by atoms with E-state index in [1.165, 1.54) is 0 Å². The molecule has 0 aromatic carbocycles. The summed E-state index contributed by atoms with van der Waals surface area (Å²) >= 11 is 1.72. The minimum Gasteiger partial charge on any atom is -0.391 e. The number of rotatable bonds is 0. The van der Waals surface area contributed by atoms with E-state index in [1.807, 2.05) is 0 Å². The van der Waals surface area contributed by atoms with E-state index in [2.05, 4.69) is 0 Å². The number of aliphatic hydroxyl groups is 1. The van der Waals surface area contributed by atoms with Crippen LogP contribution in [-0.2, 0) is 0 Å². The maximum Gasteiger partial charge on any atom is 0.0789 e. The molecule has 0 spiro atoms. The van der Waals surface area contributed by atoms with E-state index < -0.39 is 0 Å². The van der Waals surface area contributed by atoms with Crippen molar-refractivity contribution in [3.8, 4) is 0 Å². The lowest BCUT2D eigenvalue weighted by Gasteiger charge is -2.03. The first-order valence-corrected chi connectivity index (χ1v) is 3.47. The Kier molecular flexibility index (Phi) is 1.57. The van der Waals surface area contributed by atoms with Crippen molar-refractivity contribution in [1.29, 1.82) is 0 Å². The third-order valence-corrected chi connectivity index (χ3v) is 2.29. The SMILES string of the molecule is N[C@@H]1CSC[C@@H]1O. The molecule has 3 N–H and O–H groups in total. The molecule has 3 heteroatoms. The summed E-state index contributed by atoms with van der Waals surface area (Å²) < 4.78 is 0. The molecule has 0 bridgehead atoms. The van der Waals surface area contributed by atoms with Gasteiger partial charge in [-0.1, -0.05) is 0 Å². The number of aliphatic hydroxyl groups excluding tert-OH is 1. The van der Waals surface area contributed by atoms with Crippen LogP contribution in [0.25, 0.3) is 0 Å². The molecule has 1 aliphatic rings. The maximum atomic E-state index is 8.85.